The Labute approximate surface area is 102 Å². The van der Waals surface area contributed by atoms with E-state index in [0.29, 0.717) is 13.0 Å². The van der Waals surface area contributed by atoms with Crippen LogP contribution in [0.1, 0.15) is 39.5 Å². The molecule has 0 aliphatic carbocycles. The van der Waals surface area contributed by atoms with E-state index >= 15 is 0 Å². The van der Waals surface area contributed by atoms with Crippen LogP contribution in [-0.4, -0.2) is 12.6 Å². The molecule has 0 aromatic rings. The number of unbranched alkanes of at least 4 members (excludes halogenated alkanes) is 2. The van der Waals surface area contributed by atoms with Crippen LogP contribution in [0, 0.1) is 41.3 Å². The predicted molar refractivity (Wildman–Crippen MR) is 40.8 cm³/mol. The van der Waals surface area contributed by atoms with Crippen molar-refractivity contribution in [2.45, 2.75) is 39.5 Å². The SMILES string of the molecule is CCCCCC(=O)OCC.[Pr]. The summed E-state index contributed by atoms with van der Waals surface area (Å²) >= 11 is 0. The maximum absolute atomic E-state index is 10.7. The van der Waals surface area contributed by atoms with Crippen LogP contribution in [0.2, 0.25) is 0 Å². The zero-order valence-corrected chi connectivity index (χ0v) is 11.1. The smallest absolute Gasteiger partial charge is 0.305 e. The summed E-state index contributed by atoms with van der Waals surface area (Å²) in [5.74, 6) is -0.0593. The van der Waals surface area contributed by atoms with Gasteiger partial charge < -0.3 is 4.74 Å². The molecule has 0 saturated heterocycles. The van der Waals surface area contributed by atoms with Gasteiger partial charge in [-0.1, -0.05) is 19.8 Å². The fraction of sp³-hybridized carbons (Fsp3) is 0.875. The molecule has 0 unspecified atom stereocenters. The Hall–Kier alpha value is 0.834. The van der Waals surface area contributed by atoms with Gasteiger partial charge in [-0.3, -0.25) is 4.79 Å². The second kappa shape index (κ2) is 10.8. The fourth-order valence-corrected chi connectivity index (χ4v) is 0.752. The van der Waals surface area contributed by atoms with Crippen LogP contribution in [0.25, 0.3) is 0 Å². The quantitative estimate of drug-likeness (QED) is 0.571. The second-order valence-electron chi connectivity index (χ2n) is 2.26. The van der Waals surface area contributed by atoms with Gasteiger partial charge in [-0.05, 0) is 13.3 Å². The van der Waals surface area contributed by atoms with Crippen molar-refractivity contribution in [1.82, 2.24) is 0 Å². The maximum Gasteiger partial charge on any atom is 0.305 e. The van der Waals surface area contributed by atoms with E-state index in [4.69, 9.17) is 4.74 Å². The molecule has 2 nitrogen and oxygen atoms in total. The Morgan fingerprint density at radius 2 is 1.91 bits per heavy atom. The average molecular weight is 285 g/mol. The van der Waals surface area contributed by atoms with Crippen LogP contribution >= 0.6 is 0 Å². The minimum atomic E-state index is -0.0593. The number of hydrogen-bond donors (Lipinski definition) is 0. The molecule has 0 spiro atoms. The molecule has 63 valence electrons. The minimum Gasteiger partial charge on any atom is -0.466 e. The van der Waals surface area contributed by atoms with Crippen molar-refractivity contribution in [3.8, 4) is 0 Å². The van der Waals surface area contributed by atoms with E-state index in [2.05, 4.69) is 6.92 Å². The van der Waals surface area contributed by atoms with Crippen LogP contribution in [0.15, 0.2) is 0 Å². The molecule has 0 aliphatic rings. The first-order chi connectivity index (χ1) is 4.81. The molecule has 0 fully saturated rings. The molecular weight excluding hydrogens is 269 g/mol. The van der Waals surface area contributed by atoms with Crippen LogP contribution in [0.4, 0.5) is 0 Å². The van der Waals surface area contributed by atoms with Gasteiger partial charge in [-0.2, -0.15) is 0 Å². The summed E-state index contributed by atoms with van der Waals surface area (Å²) in [5, 5.41) is 0. The molecule has 0 aromatic carbocycles. The van der Waals surface area contributed by atoms with E-state index in [0.717, 1.165) is 19.3 Å². The Kier molecular flexibility index (Phi) is 14.1. The number of hydrogen-bond acceptors (Lipinski definition) is 2. The van der Waals surface area contributed by atoms with Gasteiger partial charge in [-0.15, -0.1) is 0 Å². The van der Waals surface area contributed by atoms with Crippen LogP contribution in [0.3, 0.4) is 0 Å². The van der Waals surface area contributed by atoms with Crippen molar-refractivity contribution in [3.05, 3.63) is 0 Å². The molecule has 0 saturated carbocycles. The summed E-state index contributed by atoms with van der Waals surface area (Å²) in [7, 11) is 0. The molecule has 0 heterocycles. The first-order valence-corrected chi connectivity index (χ1v) is 3.96. The van der Waals surface area contributed by atoms with E-state index < -0.39 is 0 Å². The van der Waals surface area contributed by atoms with Gasteiger partial charge >= 0.3 is 5.97 Å². The van der Waals surface area contributed by atoms with Gasteiger partial charge in [0.05, 0.1) is 6.61 Å². The molecule has 1 radical (unpaired) electrons. The number of ether oxygens (including phenoxy) is 1. The van der Waals surface area contributed by atoms with Gasteiger partial charge in [-0.25, -0.2) is 0 Å². The number of carbonyl (C=O) groups is 1. The van der Waals surface area contributed by atoms with E-state index in [1.165, 1.54) is 0 Å². The Morgan fingerprint density at radius 3 is 2.36 bits per heavy atom. The fourth-order valence-electron chi connectivity index (χ4n) is 0.752. The number of carbonyl (C=O) groups excluding carboxylic acids is 1. The topological polar surface area (TPSA) is 26.3 Å². The molecule has 11 heavy (non-hydrogen) atoms. The molecule has 3 heteroatoms. The molecule has 0 N–H and O–H groups in total. The first-order valence-electron chi connectivity index (χ1n) is 3.96. The maximum atomic E-state index is 10.7. The van der Waals surface area contributed by atoms with E-state index in [1.807, 2.05) is 6.92 Å². The van der Waals surface area contributed by atoms with Crippen molar-refractivity contribution in [1.29, 1.82) is 0 Å². The number of rotatable bonds is 5. The van der Waals surface area contributed by atoms with E-state index in [-0.39, 0.29) is 47.3 Å². The molecule has 0 atom stereocenters. The summed E-state index contributed by atoms with van der Waals surface area (Å²) in [6.07, 6.45) is 3.83. The first kappa shape index (κ1) is 14.4. The average Bonchev–Trinajstić information content (AvgIpc) is 1.89. The van der Waals surface area contributed by atoms with Crippen molar-refractivity contribution < 1.29 is 50.8 Å². The molecular formula is C8H16O2Pr. The third-order valence-corrected chi connectivity index (χ3v) is 1.29. The van der Waals surface area contributed by atoms with E-state index in [9.17, 15) is 4.79 Å². The van der Waals surface area contributed by atoms with Gasteiger partial charge in [0.25, 0.3) is 0 Å². The standard InChI is InChI=1S/C8H16O2.Pr/c1-3-5-6-7-8(9)10-4-2;/h3-7H2,1-2H3;. The van der Waals surface area contributed by atoms with Gasteiger partial charge in [0.1, 0.15) is 0 Å². The molecule has 0 rings (SSSR count). The Morgan fingerprint density at radius 1 is 1.27 bits per heavy atom. The van der Waals surface area contributed by atoms with Crippen molar-refractivity contribution >= 4 is 5.97 Å². The Bertz CT molecular complexity index is 94.1. The minimum absolute atomic E-state index is 0. The molecule has 0 aliphatic heterocycles. The zero-order chi connectivity index (χ0) is 7.82. The molecule has 0 aromatic heterocycles. The van der Waals surface area contributed by atoms with Crippen molar-refractivity contribution in [3.63, 3.8) is 0 Å². The summed E-state index contributed by atoms with van der Waals surface area (Å²) in [5.41, 5.74) is 0. The second-order valence-corrected chi connectivity index (χ2v) is 2.26. The molecule has 0 bridgehead atoms. The third kappa shape index (κ3) is 10.8. The normalized spacial score (nSPS) is 8.55. The van der Waals surface area contributed by atoms with Crippen LogP contribution < -0.4 is 0 Å². The van der Waals surface area contributed by atoms with Gasteiger partial charge in [0.2, 0.25) is 0 Å². The largest absolute Gasteiger partial charge is 0.466 e. The molecule has 0 amide bonds. The predicted octanol–water partition coefficient (Wildman–Crippen LogP) is 2.13. The summed E-state index contributed by atoms with van der Waals surface area (Å²) in [6.45, 7) is 4.45. The Balaban J connectivity index is 0. The van der Waals surface area contributed by atoms with Gasteiger partial charge in [0.15, 0.2) is 0 Å². The van der Waals surface area contributed by atoms with Crippen LogP contribution in [0.5, 0.6) is 0 Å². The summed E-state index contributed by atoms with van der Waals surface area (Å²) in [6, 6.07) is 0. The van der Waals surface area contributed by atoms with Crippen molar-refractivity contribution in [2.24, 2.45) is 0 Å². The van der Waals surface area contributed by atoms with Crippen LogP contribution in [-0.2, 0) is 9.53 Å². The summed E-state index contributed by atoms with van der Waals surface area (Å²) in [4.78, 5) is 10.7. The van der Waals surface area contributed by atoms with Gasteiger partial charge in [0, 0.05) is 47.7 Å². The van der Waals surface area contributed by atoms with Crippen molar-refractivity contribution in [2.75, 3.05) is 6.61 Å². The monoisotopic (exact) mass is 285 g/mol. The van der Waals surface area contributed by atoms with E-state index in [1.54, 1.807) is 0 Å². The third-order valence-electron chi connectivity index (χ3n) is 1.29. The number of esters is 1. The zero-order valence-electron chi connectivity index (χ0n) is 7.43. The summed E-state index contributed by atoms with van der Waals surface area (Å²) < 4.78 is 4.75.